The second-order valence-electron chi connectivity index (χ2n) is 8.82. The molecule has 0 fully saturated rings. The summed E-state index contributed by atoms with van der Waals surface area (Å²) >= 11 is 0. The molecule has 0 saturated heterocycles. The molecule has 0 aromatic heterocycles. The molecule has 2 aliphatic rings. The zero-order valence-electron chi connectivity index (χ0n) is 17.0. The third kappa shape index (κ3) is 3.40. The lowest BCUT2D eigenvalue weighted by Gasteiger charge is -2.35. The van der Waals surface area contributed by atoms with Crippen LogP contribution < -0.4 is 0 Å². The van der Waals surface area contributed by atoms with Crippen LogP contribution in [0.4, 0.5) is 0 Å². The summed E-state index contributed by atoms with van der Waals surface area (Å²) in [5.41, 5.74) is 5.70. The number of hydrogen-bond donors (Lipinski definition) is 0. The molecule has 2 unspecified atom stereocenters. The first-order chi connectivity index (χ1) is 13.1. The fourth-order valence-electron chi connectivity index (χ4n) is 4.61. The number of rotatable bonds is 4. The van der Waals surface area contributed by atoms with E-state index in [1.807, 2.05) is 0 Å². The van der Waals surface area contributed by atoms with Crippen LogP contribution in [-0.4, -0.2) is 11.6 Å². The Morgan fingerprint density at radius 2 is 1.59 bits per heavy atom. The van der Waals surface area contributed by atoms with Crippen LogP contribution in [0.25, 0.3) is 0 Å². The van der Waals surface area contributed by atoms with Crippen molar-refractivity contribution in [3.63, 3.8) is 0 Å². The second kappa shape index (κ2) is 7.46. The molecule has 4 rings (SSSR count). The van der Waals surface area contributed by atoms with Crippen LogP contribution in [0.15, 0.2) is 58.9 Å². The van der Waals surface area contributed by atoms with Gasteiger partial charge in [0.15, 0.2) is 0 Å². The number of benzene rings is 2. The first kappa shape index (κ1) is 18.2. The summed E-state index contributed by atoms with van der Waals surface area (Å²) in [6, 6.07) is 18.2. The highest BCUT2D eigenvalue weighted by Gasteiger charge is 2.40. The minimum atomic E-state index is 0.0997. The number of fused-ring (bicyclic) bond motifs is 5. The van der Waals surface area contributed by atoms with Crippen molar-refractivity contribution < 1.29 is 0 Å². The van der Waals surface area contributed by atoms with Gasteiger partial charge in [-0.25, -0.2) is 0 Å². The molecule has 0 radical (unpaired) electrons. The number of hydrogen-bond acceptors (Lipinski definition) is 3. The van der Waals surface area contributed by atoms with E-state index in [4.69, 9.17) is 5.11 Å². The molecule has 1 heterocycles. The Morgan fingerprint density at radius 3 is 2.30 bits per heavy atom. The van der Waals surface area contributed by atoms with Gasteiger partial charge in [-0.15, -0.1) is 0 Å². The monoisotopic (exact) mass is 361 g/mol. The summed E-state index contributed by atoms with van der Waals surface area (Å²) < 4.78 is 0. The summed E-state index contributed by atoms with van der Waals surface area (Å²) in [6.07, 6.45) is 2.22. The third-order valence-corrected chi connectivity index (χ3v) is 6.18. The summed E-state index contributed by atoms with van der Waals surface area (Å²) in [7, 11) is 0. The van der Waals surface area contributed by atoms with Crippen molar-refractivity contribution in [2.45, 2.75) is 58.5 Å². The minimum Gasteiger partial charge on any atom is -0.269 e. The van der Waals surface area contributed by atoms with Crippen LogP contribution in [0.2, 0.25) is 0 Å². The van der Waals surface area contributed by atoms with Crippen LogP contribution in [0.1, 0.15) is 74.4 Å². The molecule has 0 amide bonds. The molecule has 1 aliphatic heterocycles. The molecule has 2 aromatic carbocycles. The lowest BCUT2D eigenvalue weighted by atomic mass is 9.74. The van der Waals surface area contributed by atoms with Crippen molar-refractivity contribution in [2.75, 3.05) is 6.54 Å². The largest absolute Gasteiger partial charge is 0.269 e. The lowest BCUT2D eigenvalue weighted by molar-refractivity contribution is 0.206. The van der Waals surface area contributed by atoms with Crippen molar-refractivity contribution in [1.82, 2.24) is 5.01 Å². The molecular formula is C24H31N3. The van der Waals surface area contributed by atoms with Crippen molar-refractivity contribution >= 4 is 0 Å². The Balaban J connectivity index is 1.84. The Morgan fingerprint density at radius 1 is 0.926 bits per heavy atom. The quantitative estimate of drug-likeness (QED) is 0.611. The number of nitrogens with zero attached hydrogens (tertiary/aromatic N) is 3. The standard InChI is InChI=1S/C24H31N3/c1-16(2)13-14-27-24-21-12-8-7-11-20(21)22(17(3)4)15-18-9-5-6-10-19(18)23(24)25-26-27/h5-12,16-17,22-24H,13-15H2,1-4H3/t22-,23?,24?/m1/s1. The summed E-state index contributed by atoms with van der Waals surface area (Å²) in [5.74, 6) is 1.78. The molecule has 2 aromatic rings. The molecular weight excluding hydrogens is 330 g/mol. The highest BCUT2D eigenvalue weighted by atomic mass is 15.6. The predicted molar refractivity (Wildman–Crippen MR) is 111 cm³/mol. The van der Waals surface area contributed by atoms with Crippen LogP contribution in [0.5, 0.6) is 0 Å². The molecule has 3 atom stereocenters. The zero-order chi connectivity index (χ0) is 19.0. The molecule has 1 aliphatic carbocycles. The molecule has 3 heteroatoms. The minimum absolute atomic E-state index is 0.0997. The first-order valence-corrected chi connectivity index (χ1v) is 10.4. The van der Waals surface area contributed by atoms with Gasteiger partial charge in [0.2, 0.25) is 0 Å². The summed E-state index contributed by atoms with van der Waals surface area (Å²) in [4.78, 5) is 0. The van der Waals surface area contributed by atoms with Crippen molar-refractivity contribution in [3.8, 4) is 0 Å². The molecule has 27 heavy (non-hydrogen) atoms. The van der Waals surface area contributed by atoms with Gasteiger partial charge in [-0.05, 0) is 52.8 Å². The maximum atomic E-state index is 4.78. The maximum Gasteiger partial charge on any atom is 0.124 e. The average Bonchev–Trinajstić information content (AvgIpc) is 3.06. The van der Waals surface area contributed by atoms with Gasteiger partial charge in [0.1, 0.15) is 12.1 Å². The molecule has 0 N–H and O–H groups in total. The normalized spacial score (nSPS) is 23.8. The molecule has 0 saturated carbocycles. The summed E-state index contributed by atoms with van der Waals surface area (Å²) in [6.45, 7) is 10.2. The van der Waals surface area contributed by atoms with Gasteiger partial charge in [-0.3, -0.25) is 5.01 Å². The van der Waals surface area contributed by atoms with Gasteiger partial charge in [0.05, 0.1) is 0 Å². The van der Waals surface area contributed by atoms with E-state index in [1.165, 1.54) is 22.3 Å². The van der Waals surface area contributed by atoms with Crippen molar-refractivity contribution in [3.05, 3.63) is 70.8 Å². The fourth-order valence-corrected chi connectivity index (χ4v) is 4.61. The van der Waals surface area contributed by atoms with E-state index in [9.17, 15) is 0 Å². The van der Waals surface area contributed by atoms with Gasteiger partial charge in [0.25, 0.3) is 0 Å². The van der Waals surface area contributed by atoms with Gasteiger partial charge >= 0.3 is 0 Å². The molecule has 0 bridgehead atoms. The average molecular weight is 362 g/mol. The SMILES string of the molecule is CC(C)CCN1N=NC2c3ccccc3C[C@H](C(C)C)c3ccccc3C21. The lowest BCUT2D eigenvalue weighted by Crippen LogP contribution is -2.29. The van der Waals surface area contributed by atoms with E-state index >= 15 is 0 Å². The fraction of sp³-hybridized carbons (Fsp3) is 0.500. The zero-order valence-corrected chi connectivity index (χ0v) is 17.0. The van der Waals surface area contributed by atoms with E-state index in [1.54, 1.807) is 0 Å². The molecule has 0 spiro atoms. The van der Waals surface area contributed by atoms with Crippen LogP contribution >= 0.6 is 0 Å². The van der Waals surface area contributed by atoms with E-state index in [0.717, 1.165) is 19.4 Å². The highest BCUT2D eigenvalue weighted by molar-refractivity contribution is 5.43. The third-order valence-electron chi connectivity index (χ3n) is 6.18. The van der Waals surface area contributed by atoms with Gasteiger partial charge < -0.3 is 0 Å². The summed E-state index contributed by atoms with van der Waals surface area (Å²) in [5, 5.41) is 11.7. The van der Waals surface area contributed by atoms with Crippen molar-refractivity contribution in [2.24, 2.45) is 22.2 Å². The van der Waals surface area contributed by atoms with E-state index in [0.29, 0.717) is 17.8 Å². The van der Waals surface area contributed by atoms with E-state index < -0.39 is 0 Å². The Hall–Kier alpha value is -2.16. The Labute approximate surface area is 163 Å². The second-order valence-corrected chi connectivity index (χ2v) is 8.82. The first-order valence-electron chi connectivity index (χ1n) is 10.4. The van der Waals surface area contributed by atoms with Gasteiger partial charge in [-0.1, -0.05) is 81.4 Å². The molecule has 3 nitrogen and oxygen atoms in total. The Bertz CT molecular complexity index is 824. The Kier molecular flexibility index (Phi) is 5.03. The molecule has 142 valence electrons. The predicted octanol–water partition coefficient (Wildman–Crippen LogP) is 6.49. The van der Waals surface area contributed by atoms with Gasteiger partial charge in [0, 0.05) is 6.54 Å². The topological polar surface area (TPSA) is 28.0 Å². The van der Waals surface area contributed by atoms with Crippen LogP contribution in [-0.2, 0) is 6.42 Å². The van der Waals surface area contributed by atoms with Gasteiger partial charge in [-0.2, -0.15) is 5.11 Å². The highest BCUT2D eigenvalue weighted by Crippen LogP contribution is 2.49. The maximum absolute atomic E-state index is 4.78. The van der Waals surface area contributed by atoms with E-state index in [-0.39, 0.29) is 12.1 Å². The van der Waals surface area contributed by atoms with Crippen molar-refractivity contribution in [1.29, 1.82) is 0 Å². The van der Waals surface area contributed by atoms with E-state index in [2.05, 4.69) is 86.5 Å². The smallest absolute Gasteiger partial charge is 0.124 e. The van der Waals surface area contributed by atoms with Crippen LogP contribution in [0, 0.1) is 11.8 Å². The van der Waals surface area contributed by atoms with Crippen LogP contribution in [0.3, 0.4) is 0 Å².